The van der Waals surface area contributed by atoms with Gasteiger partial charge in [-0.05, 0) is 38.5 Å². The number of methoxy groups -OCH3 is 1. The molecule has 0 aliphatic heterocycles. The van der Waals surface area contributed by atoms with Crippen molar-refractivity contribution in [3.05, 3.63) is 59.4 Å². The fourth-order valence-electron chi connectivity index (χ4n) is 2.94. The summed E-state index contributed by atoms with van der Waals surface area (Å²) in [6.45, 7) is 9.70. The van der Waals surface area contributed by atoms with Crippen molar-refractivity contribution in [3.63, 3.8) is 0 Å². The predicted octanol–water partition coefficient (Wildman–Crippen LogP) is 3.73. The number of rotatable bonds is 7. The molecule has 1 aromatic carbocycles. The molecule has 2 rings (SSSR count). The summed E-state index contributed by atoms with van der Waals surface area (Å²) in [5.74, 6) is -0.0929. The summed E-state index contributed by atoms with van der Waals surface area (Å²) >= 11 is 0. The van der Waals surface area contributed by atoms with Crippen LogP contribution in [0.4, 0.5) is 5.69 Å². The van der Waals surface area contributed by atoms with Gasteiger partial charge in [0.1, 0.15) is 11.4 Å². The average Bonchev–Trinajstić information content (AvgIpc) is 2.86. The summed E-state index contributed by atoms with van der Waals surface area (Å²) < 4.78 is 12.1. The van der Waals surface area contributed by atoms with Crippen LogP contribution in [0.1, 0.15) is 39.0 Å². The minimum absolute atomic E-state index is 0.266. The third-order valence-electron chi connectivity index (χ3n) is 4.10. The van der Waals surface area contributed by atoms with E-state index in [9.17, 15) is 9.59 Å². The van der Waals surface area contributed by atoms with Crippen molar-refractivity contribution in [2.24, 2.45) is 0 Å². The van der Waals surface area contributed by atoms with Crippen LogP contribution in [0.25, 0.3) is 0 Å². The highest BCUT2D eigenvalue weighted by Crippen LogP contribution is 2.25. The van der Waals surface area contributed by atoms with Gasteiger partial charge in [-0.3, -0.25) is 4.79 Å². The number of allylic oxidation sites excluding steroid dienone is 1. The Morgan fingerprint density at radius 2 is 2.04 bits per heavy atom. The standard InChI is InChI=1S/C20H24N2O4/c1-6-11-22-14(4)17(13(3)18(22)20(24)26-7-2)19(23)21-15-9-8-10-16(12-15)25-5/h6,8-10,12H,1,7,11H2,2-5H3,(H,21,23). The summed E-state index contributed by atoms with van der Waals surface area (Å²) in [5.41, 5.74) is 2.72. The van der Waals surface area contributed by atoms with E-state index in [2.05, 4.69) is 11.9 Å². The first-order valence-corrected chi connectivity index (χ1v) is 8.37. The van der Waals surface area contributed by atoms with Gasteiger partial charge in [-0.2, -0.15) is 0 Å². The fourth-order valence-corrected chi connectivity index (χ4v) is 2.94. The van der Waals surface area contributed by atoms with Crippen molar-refractivity contribution in [3.8, 4) is 5.75 Å². The van der Waals surface area contributed by atoms with E-state index in [0.29, 0.717) is 40.5 Å². The quantitative estimate of drug-likeness (QED) is 0.606. The molecule has 0 aliphatic carbocycles. The number of amides is 1. The fraction of sp³-hybridized carbons (Fsp3) is 0.300. The first-order chi connectivity index (χ1) is 12.4. The Hall–Kier alpha value is -3.02. The van der Waals surface area contributed by atoms with Gasteiger partial charge < -0.3 is 19.4 Å². The molecule has 26 heavy (non-hydrogen) atoms. The number of ether oxygens (including phenoxy) is 2. The summed E-state index contributed by atoms with van der Waals surface area (Å²) in [4.78, 5) is 25.2. The Kier molecular flexibility index (Phi) is 6.22. The van der Waals surface area contributed by atoms with Crippen LogP contribution < -0.4 is 10.1 Å². The van der Waals surface area contributed by atoms with E-state index in [4.69, 9.17) is 9.47 Å². The molecule has 0 spiro atoms. The number of carbonyl (C=O) groups is 2. The molecule has 0 aliphatic rings. The summed E-state index contributed by atoms with van der Waals surface area (Å²) in [6.07, 6.45) is 1.68. The molecule has 0 bridgehead atoms. The second kappa shape index (κ2) is 8.38. The van der Waals surface area contributed by atoms with Gasteiger partial charge in [-0.1, -0.05) is 12.1 Å². The molecule has 1 amide bonds. The number of esters is 1. The predicted molar refractivity (Wildman–Crippen MR) is 101 cm³/mol. The zero-order chi connectivity index (χ0) is 19.3. The highest BCUT2D eigenvalue weighted by atomic mass is 16.5. The van der Waals surface area contributed by atoms with E-state index < -0.39 is 5.97 Å². The van der Waals surface area contributed by atoms with Gasteiger partial charge in [0.15, 0.2) is 0 Å². The molecule has 138 valence electrons. The average molecular weight is 356 g/mol. The lowest BCUT2D eigenvalue weighted by Crippen LogP contribution is -2.14. The molecule has 2 aromatic rings. The SMILES string of the molecule is C=CCn1c(C)c(C(=O)Nc2cccc(OC)c2)c(C)c1C(=O)OCC. The Morgan fingerprint density at radius 3 is 2.65 bits per heavy atom. The largest absolute Gasteiger partial charge is 0.497 e. The highest BCUT2D eigenvalue weighted by molar-refractivity contribution is 6.08. The van der Waals surface area contributed by atoms with Crippen molar-refractivity contribution < 1.29 is 19.1 Å². The van der Waals surface area contributed by atoms with E-state index >= 15 is 0 Å². The lowest BCUT2D eigenvalue weighted by Gasteiger charge is -2.09. The molecular weight excluding hydrogens is 332 g/mol. The van der Waals surface area contributed by atoms with Crippen LogP contribution in [0.15, 0.2) is 36.9 Å². The zero-order valence-corrected chi connectivity index (χ0v) is 15.6. The molecule has 0 saturated carbocycles. The maximum atomic E-state index is 12.9. The number of aromatic nitrogens is 1. The smallest absolute Gasteiger partial charge is 0.355 e. The Balaban J connectivity index is 2.44. The Labute approximate surface area is 153 Å². The molecular formula is C20H24N2O4. The van der Waals surface area contributed by atoms with Crippen LogP contribution >= 0.6 is 0 Å². The molecule has 0 atom stereocenters. The van der Waals surface area contributed by atoms with Crippen LogP contribution in [0.2, 0.25) is 0 Å². The summed E-state index contributed by atoms with van der Waals surface area (Å²) in [6, 6.07) is 7.10. The van der Waals surface area contributed by atoms with Crippen LogP contribution in [0.5, 0.6) is 5.75 Å². The van der Waals surface area contributed by atoms with E-state index in [0.717, 1.165) is 0 Å². The van der Waals surface area contributed by atoms with Crippen molar-refractivity contribution in [1.29, 1.82) is 0 Å². The topological polar surface area (TPSA) is 69.6 Å². The minimum atomic E-state index is -0.449. The molecule has 1 aromatic heterocycles. The zero-order valence-electron chi connectivity index (χ0n) is 15.6. The van der Waals surface area contributed by atoms with Gasteiger partial charge in [-0.25, -0.2) is 4.79 Å². The lowest BCUT2D eigenvalue weighted by molar-refractivity contribution is 0.0513. The van der Waals surface area contributed by atoms with Gasteiger partial charge in [0.05, 0.1) is 19.3 Å². The van der Waals surface area contributed by atoms with Crippen molar-refractivity contribution in [1.82, 2.24) is 4.57 Å². The number of benzene rings is 1. The maximum Gasteiger partial charge on any atom is 0.355 e. The van der Waals surface area contributed by atoms with Gasteiger partial charge in [0.25, 0.3) is 5.91 Å². The number of anilines is 1. The monoisotopic (exact) mass is 356 g/mol. The molecule has 0 saturated heterocycles. The molecule has 6 nitrogen and oxygen atoms in total. The summed E-state index contributed by atoms with van der Waals surface area (Å²) in [5, 5.41) is 2.86. The van der Waals surface area contributed by atoms with Crippen molar-refractivity contribution in [2.75, 3.05) is 19.0 Å². The molecule has 0 radical (unpaired) electrons. The third-order valence-corrected chi connectivity index (χ3v) is 4.10. The van der Waals surface area contributed by atoms with Crippen LogP contribution in [0, 0.1) is 13.8 Å². The van der Waals surface area contributed by atoms with Gasteiger partial charge in [0.2, 0.25) is 0 Å². The van der Waals surface area contributed by atoms with E-state index in [-0.39, 0.29) is 12.5 Å². The number of nitrogens with one attached hydrogen (secondary N) is 1. The van der Waals surface area contributed by atoms with E-state index in [1.165, 1.54) is 0 Å². The van der Waals surface area contributed by atoms with E-state index in [1.807, 2.05) is 0 Å². The second-order valence-electron chi connectivity index (χ2n) is 5.74. The summed E-state index contributed by atoms with van der Waals surface area (Å²) in [7, 11) is 1.57. The number of nitrogens with zero attached hydrogens (tertiary/aromatic N) is 1. The molecule has 0 unspecified atom stereocenters. The van der Waals surface area contributed by atoms with Crippen molar-refractivity contribution >= 4 is 17.6 Å². The molecule has 1 N–H and O–H groups in total. The molecule has 6 heteroatoms. The van der Waals surface area contributed by atoms with Gasteiger partial charge in [-0.15, -0.1) is 6.58 Å². The number of hydrogen-bond acceptors (Lipinski definition) is 4. The normalized spacial score (nSPS) is 10.3. The first kappa shape index (κ1) is 19.3. The first-order valence-electron chi connectivity index (χ1n) is 8.37. The van der Waals surface area contributed by atoms with Crippen LogP contribution in [-0.4, -0.2) is 30.2 Å². The third kappa shape index (κ3) is 3.79. The maximum absolute atomic E-state index is 12.9. The van der Waals surface area contributed by atoms with Crippen molar-refractivity contribution in [2.45, 2.75) is 27.3 Å². The van der Waals surface area contributed by atoms with E-state index in [1.54, 1.807) is 62.8 Å². The lowest BCUT2D eigenvalue weighted by atomic mass is 10.1. The second-order valence-corrected chi connectivity index (χ2v) is 5.74. The minimum Gasteiger partial charge on any atom is -0.497 e. The number of carbonyl (C=O) groups excluding carboxylic acids is 2. The van der Waals surface area contributed by atoms with Gasteiger partial charge >= 0.3 is 5.97 Å². The van der Waals surface area contributed by atoms with Crippen LogP contribution in [0.3, 0.4) is 0 Å². The van der Waals surface area contributed by atoms with Crippen LogP contribution in [-0.2, 0) is 11.3 Å². The Bertz CT molecular complexity index is 837. The number of hydrogen-bond donors (Lipinski definition) is 1. The van der Waals surface area contributed by atoms with Gasteiger partial charge in [0, 0.05) is 24.0 Å². The highest BCUT2D eigenvalue weighted by Gasteiger charge is 2.26. The molecule has 0 fully saturated rings. The molecule has 1 heterocycles. The Morgan fingerprint density at radius 1 is 1.31 bits per heavy atom.